The van der Waals surface area contributed by atoms with Crippen LogP contribution in [0.2, 0.25) is 0 Å². The Kier molecular flexibility index (Phi) is 3.81. The zero-order valence-electron chi connectivity index (χ0n) is 12.3. The quantitative estimate of drug-likeness (QED) is 0.821. The van der Waals surface area contributed by atoms with Crippen LogP contribution in [0, 0.1) is 0 Å². The minimum Gasteiger partial charge on any atom is -0.363 e. The second-order valence-electron chi connectivity index (χ2n) is 5.17. The first-order chi connectivity index (χ1) is 10.2. The van der Waals surface area contributed by atoms with E-state index >= 15 is 0 Å². The van der Waals surface area contributed by atoms with Gasteiger partial charge in [0.2, 0.25) is 0 Å². The molecule has 0 radical (unpaired) electrons. The van der Waals surface area contributed by atoms with Gasteiger partial charge in [-0.1, -0.05) is 0 Å². The fraction of sp³-hybridized carbons (Fsp3) is 0.429. The summed E-state index contributed by atoms with van der Waals surface area (Å²) in [5.74, 6) is 2.85. The molecule has 1 saturated heterocycles. The van der Waals surface area contributed by atoms with Crippen LogP contribution in [0.1, 0.15) is 0 Å². The van der Waals surface area contributed by atoms with E-state index in [1.807, 2.05) is 31.3 Å². The van der Waals surface area contributed by atoms with Crippen LogP contribution in [0.5, 0.6) is 0 Å². The molecule has 2 aromatic heterocycles. The average Bonchev–Trinajstić information content (AvgIpc) is 2.56. The van der Waals surface area contributed by atoms with Gasteiger partial charge in [-0.05, 0) is 0 Å². The van der Waals surface area contributed by atoms with Gasteiger partial charge >= 0.3 is 0 Å². The predicted molar refractivity (Wildman–Crippen MR) is 82.8 cm³/mol. The fourth-order valence-electron chi connectivity index (χ4n) is 2.37. The number of hydrogen-bond acceptors (Lipinski definition) is 7. The van der Waals surface area contributed by atoms with E-state index in [1.54, 1.807) is 18.7 Å². The molecule has 3 heterocycles. The van der Waals surface area contributed by atoms with Crippen LogP contribution in [-0.2, 0) is 0 Å². The molecule has 3 rings (SSSR count). The van der Waals surface area contributed by atoms with Crippen molar-refractivity contribution in [3.05, 3.63) is 31.0 Å². The van der Waals surface area contributed by atoms with Crippen molar-refractivity contribution in [3.8, 4) is 0 Å². The van der Waals surface area contributed by atoms with E-state index in [1.165, 1.54) is 0 Å². The van der Waals surface area contributed by atoms with Crippen LogP contribution in [0.3, 0.4) is 0 Å². The summed E-state index contributed by atoms with van der Waals surface area (Å²) in [5.41, 5.74) is 0. The highest BCUT2D eigenvalue weighted by molar-refractivity contribution is 5.50. The van der Waals surface area contributed by atoms with Gasteiger partial charge in [0.25, 0.3) is 0 Å². The van der Waals surface area contributed by atoms with Crippen molar-refractivity contribution < 1.29 is 0 Å². The van der Waals surface area contributed by atoms with Gasteiger partial charge in [-0.25, -0.2) is 15.0 Å². The minimum atomic E-state index is 0.917. The Labute approximate surface area is 124 Å². The normalized spacial score (nSPS) is 15.1. The van der Waals surface area contributed by atoms with Crippen molar-refractivity contribution in [2.45, 2.75) is 0 Å². The Bertz CT molecular complexity index is 579. The lowest BCUT2D eigenvalue weighted by Crippen LogP contribution is -2.47. The summed E-state index contributed by atoms with van der Waals surface area (Å²) < 4.78 is 0. The zero-order chi connectivity index (χ0) is 14.7. The van der Waals surface area contributed by atoms with Gasteiger partial charge in [-0.2, -0.15) is 0 Å². The summed E-state index contributed by atoms with van der Waals surface area (Å²) in [5, 5.41) is 0. The van der Waals surface area contributed by atoms with Crippen molar-refractivity contribution in [2.75, 3.05) is 55.0 Å². The third kappa shape index (κ3) is 3.01. The lowest BCUT2D eigenvalue weighted by Gasteiger charge is -2.35. The summed E-state index contributed by atoms with van der Waals surface area (Å²) in [6.45, 7) is 3.67. The summed E-state index contributed by atoms with van der Waals surface area (Å²) >= 11 is 0. The molecule has 0 N–H and O–H groups in total. The topological polar surface area (TPSA) is 61.3 Å². The molecule has 0 saturated carbocycles. The first kappa shape index (κ1) is 13.5. The average molecular weight is 285 g/mol. The van der Waals surface area contributed by atoms with Crippen LogP contribution in [0.15, 0.2) is 31.0 Å². The maximum Gasteiger partial charge on any atom is 0.147 e. The number of piperazine rings is 1. The van der Waals surface area contributed by atoms with Crippen molar-refractivity contribution in [1.29, 1.82) is 0 Å². The van der Waals surface area contributed by atoms with Crippen molar-refractivity contribution in [1.82, 2.24) is 19.9 Å². The van der Waals surface area contributed by atoms with E-state index in [2.05, 4.69) is 29.7 Å². The molecule has 7 heteroatoms. The number of hydrogen-bond donors (Lipinski definition) is 0. The van der Waals surface area contributed by atoms with Gasteiger partial charge in [0.1, 0.15) is 23.8 Å². The van der Waals surface area contributed by atoms with Gasteiger partial charge in [-0.15, -0.1) is 0 Å². The molecule has 1 aliphatic rings. The summed E-state index contributed by atoms with van der Waals surface area (Å²) in [4.78, 5) is 23.6. The molecule has 1 fully saturated rings. The van der Waals surface area contributed by atoms with Gasteiger partial charge in [0.15, 0.2) is 0 Å². The van der Waals surface area contributed by atoms with E-state index in [9.17, 15) is 0 Å². The maximum absolute atomic E-state index is 4.38. The molecule has 0 aliphatic carbocycles. The molecule has 21 heavy (non-hydrogen) atoms. The molecule has 0 bridgehead atoms. The molecule has 0 atom stereocenters. The van der Waals surface area contributed by atoms with Gasteiger partial charge < -0.3 is 14.7 Å². The van der Waals surface area contributed by atoms with Crippen LogP contribution in [-0.4, -0.2) is 60.2 Å². The third-order valence-corrected chi connectivity index (χ3v) is 3.57. The summed E-state index contributed by atoms with van der Waals surface area (Å²) in [6, 6.07) is 2.03. The SMILES string of the molecule is CN(C)c1cc(N2CCN(c3cnccn3)CC2)ncn1. The molecule has 0 amide bonds. The van der Waals surface area contributed by atoms with E-state index in [4.69, 9.17) is 0 Å². The van der Waals surface area contributed by atoms with E-state index in [-0.39, 0.29) is 0 Å². The Morgan fingerprint density at radius 1 is 0.905 bits per heavy atom. The predicted octanol–water partition coefficient (Wildman–Crippen LogP) is 0.659. The van der Waals surface area contributed by atoms with Crippen molar-refractivity contribution >= 4 is 17.5 Å². The maximum atomic E-state index is 4.38. The lowest BCUT2D eigenvalue weighted by atomic mass is 10.3. The fourth-order valence-corrected chi connectivity index (χ4v) is 2.37. The number of rotatable bonds is 3. The van der Waals surface area contributed by atoms with Crippen LogP contribution < -0.4 is 14.7 Å². The summed E-state index contributed by atoms with van der Waals surface area (Å²) in [6.07, 6.45) is 6.86. The Morgan fingerprint density at radius 3 is 2.24 bits per heavy atom. The molecule has 110 valence electrons. The third-order valence-electron chi connectivity index (χ3n) is 3.57. The Morgan fingerprint density at radius 2 is 1.62 bits per heavy atom. The molecule has 0 unspecified atom stereocenters. The van der Waals surface area contributed by atoms with Crippen molar-refractivity contribution in [2.24, 2.45) is 0 Å². The Hall–Kier alpha value is -2.44. The molecule has 2 aromatic rings. The number of anilines is 3. The largest absolute Gasteiger partial charge is 0.363 e. The number of nitrogens with zero attached hydrogens (tertiary/aromatic N) is 7. The van der Waals surface area contributed by atoms with Gasteiger partial charge in [0.05, 0.1) is 6.20 Å². The minimum absolute atomic E-state index is 0.917. The smallest absolute Gasteiger partial charge is 0.147 e. The molecule has 0 aromatic carbocycles. The van der Waals surface area contributed by atoms with E-state index < -0.39 is 0 Å². The zero-order valence-corrected chi connectivity index (χ0v) is 12.3. The van der Waals surface area contributed by atoms with Crippen LogP contribution >= 0.6 is 0 Å². The van der Waals surface area contributed by atoms with Gasteiger partial charge in [-0.3, -0.25) is 4.98 Å². The highest BCUT2D eigenvalue weighted by Gasteiger charge is 2.19. The first-order valence-electron chi connectivity index (χ1n) is 6.99. The van der Waals surface area contributed by atoms with Crippen molar-refractivity contribution in [3.63, 3.8) is 0 Å². The number of aromatic nitrogens is 4. The lowest BCUT2D eigenvalue weighted by molar-refractivity contribution is 0.640. The first-order valence-corrected chi connectivity index (χ1v) is 6.99. The van der Waals surface area contributed by atoms with Crippen LogP contribution in [0.25, 0.3) is 0 Å². The second-order valence-corrected chi connectivity index (χ2v) is 5.17. The molecular weight excluding hydrogens is 266 g/mol. The van der Waals surface area contributed by atoms with E-state index in [0.717, 1.165) is 43.6 Å². The van der Waals surface area contributed by atoms with Gasteiger partial charge in [0, 0.05) is 58.7 Å². The molecule has 1 aliphatic heterocycles. The van der Waals surface area contributed by atoms with Crippen LogP contribution in [0.4, 0.5) is 17.5 Å². The molecular formula is C14H19N7. The highest BCUT2D eigenvalue weighted by Crippen LogP contribution is 2.19. The Balaban J connectivity index is 1.67. The highest BCUT2D eigenvalue weighted by atomic mass is 15.3. The second kappa shape index (κ2) is 5.90. The molecule has 0 spiro atoms. The summed E-state index contributed by atoms with van der Waals surface area (Å²) in [7, 11) is 3.97. The standard InChI is InChI=1S/C14H19N7/c1-19(2)12-9-13(18-11-17-12)20-5-7-21(8-6-20)14-10-15-3-4-16-14/h3-4,9-11H,5-8H2,1-2H3. The molecule has 7 nitrogen and oxygen atoms in total. The monoisotopic (exact) mass is 285 g/mol. The van der Waals surface area contributed by atoms with E-state index in [0.29, 0.717) is 0 Å².